The molecule has 3 aromatic heterocycles. The molecule has 0 aliphatic rings. The maximum absolute atomic E-state index is 11.8. The van der Waals surface area contributed by atoms with E-state index in [1.54, 1.807) is 73.1 Å². The first-order chi connectivity index (χ1) is 39.6. The van der Waals surface area contributed by atoms with Crippen molar-refractivity contribution < 1.29 is 39.2 Å². The molecule has 10 rings (SSSR count). The Balaban J connectivity index is 0.000000548. The molecule has 438 valence electrons. The number of pyridine rings is 3. The van der Waals surface area contributed by atoms with Gasteiger partial charge in [0.05, 0.1) is 40.9 Å². The largest absolute Gasteiger partial charge is 0.403 e. The summed E-state index contributed by atoms with van der Waals surface area (Å²) < 4.78 is 64.3. The summed E-state index contributed by atoms with van der Waals surface area (Å²) in [7, 11) is -8.66. The number of nitrogen functional groups attached to an aromatic ring is 3. The summed E-state index contributed by atoms with van der Waals surface area (Å²) in [6, 6.07) is 57.8. The number of hydrogen-bond acceptors (Lipinski definition) is 13. The van der Waals surface area contributed by atoms with Gasteiger partial charge in [-0.15, -0.1) is 34.2 Å². The third-order valence-corrected chi connectivity index (χ3v) is 12.2. The Morgan fingerprint density at radius 3 is 1.25 bits per heavy atom. The van der Waals surface area contributed by atoms with Crippen molar-refractivity contribution in [1.29, 1.82) is 5.39 Å². The number of hydrogen-bond donors (Lipinski definition) is 5. The molecule has 0 unspecified atom stereocenters. The average molecular weight is 1830 g/mol. The molecule has 7 aromatic carbocycles. The number of rotatable bonds is 7. The number of nitrogens with zero attached hydrogens (tertiary/aromatic N) is 7. The maximum atomic E-state index is 11.8. The molecule has 0 radical (unpaired) electrons. The van der Waals surface area contributed by atoms with E-state index < -0.39 is 20.2 Å². The second-order valence-electron chi connectivity index (χ2n) is 15.2. The van der Waals surface area contributed by atoms with Crippen molar-refractivity contribution in [3.05, 3.63) is 218 Å². The Morgan fingerprint density at radius 1 is 0.482 bits per heavy atom. The average Bonchev–Trinajstić information content (AvgIpc) is 3.72. The first-order valence-electron chi connectivity index (χ1n) is 24.7. The second-order valence-corrected chi connectivity index (χ2v) is 34.3. The molecule has 16 nitrogen and oxygen atoms in total. The van der Waals surface area contributed by atoms with Crippen LogP contribution in [0.4, 0.5) is 34.1 Å². The van der Waals surface area contributed by atoms with Gasteiger partial charge in [0, 0.05) is 87.2 Å². The van der Waals surface area contributed by atoms with Gasteiger partial charge in [0.15, 0.2) is 4.98 Å². The zero-order valence-corrected chi connectivity index (χ0v) is 60.5. The molecule has 10 aromatic rings. The Kier molecular flexibility index (Phi) is 38.6. The van der Waals surface area contributed by atoms with Crippen LogP contribution in [-0.4, -0.2) is 40.9 Å². The Bertz CT molecular complexity index is 3770. The normalized spacial score (nSPS) is 9.96. The fourth-order valence-electron chi connectivity index (χ4n) is 6.91. The van der Waals surface area contributed by atoms with Gasteiger partial charge in [0.2, 0.25) is 5.39 Å². The fourth-order valence-corrected chi connectivity index (χ4v) is 8.33. The summed E-state index contributed by atoms with van der Waals surface area (Å²) in [6.45, 7) is 12.0. The summed E-state index contributed by atoms with van der Waals surface area (Å²) >= 11 is 9.54. The fraction of sp³-hybridized carbons (Fsp3) is 0.102. The third-order valence-electron chi connectivity index (χ3n) is 10.4. The van der Waals surface area contributed by atoms with Crippen molar-refractivity contribution in [2.75, 3.05) is 17.2 Å². The van der Waals surface area contributed by atoms with Gasteiger partial charge in [-0.1, -0.05) is 181 Å². The zero-order chi connectivity index (χ0) is 61.1. The van der Waals surface area contributed by atoms with E-state index in [-0.39, 0.29) is 45.1 Å². The summed E-state index contributed by atoms with van der Waals surface area (Å²) in [6.07, 6.45) is 4.76. The number of benzene rings is 7. The molecular formula is C59H62I6N10O6S2. The molecular weight excluding hydrogens is 1770 g/mol. The summed E-state index contributed by atoms with van der Waals surface area (Å²) in [5.41, 5.74) is 25.7. The number of anilines is 3. The zero-order valence-electron chi connectivity index (χ0n) is 45.7. The Labute approximate surface area is 556 Å². The smallest absolute Gasteiger partial charge is 0.398 e. The number of fused-ring (bicyclic) bond motifs is 2. The van der Waals surface area contributed by atoms with Crippen molar-refractivity contribution in [2.45, 2.75) is 51.3 Å². The van der Waals surface area contributed by atoms with Crippen LogP contribution >= 0.6 is 98.4 Å². The summed E-state index contributed by atoms with van der Waals surface area (Å²) in [5, 5.41) is 18.5. The van der Waals surface area contributed by atoms with Crippen LogP contribution in [0.1, 0.15) is 41.5 Å². The van der Waals surface area contributed by atoms with Crippen LogP contribution in [0.3, 0.4) is 0 Å². The van der Waals surface area contributed by atoms with E-state index in [1.807, 2.05) is 157 Å². The van der Waals surface area contributed by atoms with Crippen LogP contribution in [0.25, 0.3) is 60.3 Å². The van der Waals surface area contributed by atoms with Gasteiger partial charge < -0.3 is 17.2 Å². The second kappa shape index (κ2) is 42.0. The van der Waals surface area contributed by atoms with Crippen LogP contribution in [0, 0.1) is 5.39 Å². The van der Waals surface area contributed by atoms with Crippen LogP contribution in [0.2, 0.25) is 0 Å². The molecule has 0 aliphatic heterocycles. The van der Waals surface area contributed by atoms with Crippen molar-refractivity contribution in [1.82, 2.24) is 15.0 Å². The first-order valence-corrected chi connectivity index (χ1v) is 46.5. The predicted molar refractivity (Wildman–Crippen MR) is 384 cm³/mol. The molecule has 0 aliphatic carbocycles. The number of nitrogens with two attached hydrogens (primary N) is 3. The number of halogens is 6. The first kappa shape index (κ1) is 76.1. The number of aromatic nitrogens is 3. The molecule has 8 N–H and O–H groups in total. The van der Waals surface area contributed by atoms with Gasteiger partial charge >= 0.3 is 56.2 Å². The molecule has 0 atom stereocenters. The molecule has 0 saturated carbocycles. The van der Waals surface area contributed by atoms with Crippen molar-refractivity contribution >= 4 is 174 Å². The van der Waals surface area contributed by atoms with E-state index in [1.165, 1.54) is 24.4 Å². The standard InChI is InChI=1S/C21H16N4O3S.C11H8N3.C11H10N2.C10H9NO3S.3C2H6.I3.I2.HI/c22-21-17-9-5-4-8-16(17)20(29(26,27)28)12-19(21)25-24-15-10-11-18(23-13-15)14-6-2-1-3-7-14;12-14-10-6-7-11(13-8-10)9-4-2-1-3-5-9;12-10-6-7-11(13-8-10)9-4-2-1-3-5-9;11-9-5-6-10(15(12,13)14)8-4-2-1-3-7(8)9;3*1-2;1-3-2;1-2;/h1-13H,22H2,(H,26,27,28);1-8H;1-8H,12H2;1-6H,11H2,(H,12,13,14);3*1-2H3;;;1H/q;+1;;;;;;-1;;. The van der Waals surface area contributed by atoms with Gasteiger partial charge in [-0.05, 0) is 48.5 Å². The molecule has 83 heavy (non-hydrogen) atoms. The summed E-state index contributed by atoms with van der Waals surface area (Å²) in [5.74, 6) is 0. The van der Waals surface area contributed by atoms with Gasteiger partial charge in [-0.25, -0.2) is 4.98 Å². The molecule has 24 heteroatoms. The molecule has 0 fully saturated rings. The Morgan fingerprint density at radius 2 is 0.867 bits per heavy atom. The predicted octanol–water partition coefficient (Wildman–Crippen LogP) is 16.6. The van der Waals surface area contributed by atoms with Crippen molar-refractivity contribution in [3.8, 4) is 33.8 Å². The number of azo groups is 1. The maximum Gasteiger partial charge on any atom is 0.403 e. The number of diazo groups is 1. The van der Waals surface area contributed by atoms with Crippen LogP contribution in [-0.2, 0) is 20.2 Å². The van der Waals surface area contributed by atoms with Gasteiger partial charge in [0.25, 0.3) is 20.2 Å². The van der Waals surface area contributed by atoms with E-state index >= 15 is 0 Å². The molecule has 0 bridgehead atoms. The molecule has 3 heterocycles. The summed E-state index contributed by atoms with van der Waals surface area (Å²) in [4.78, 5) is 15.4. The van der Waals surface area contributed by atoms with E-state index in [9.17, 15) is 21.4 Å². The topological polar surface area (TPSA) is 278 Å². The monoisotopic (exact) mass is 1830 g/mol. The van der Waals surface area contributed by atoms with Gasteiger partial charge in [-0.2, -0.15) is 16.8 Å². The van der Waals surface area contributed by atoms with E-state index in [0.29, 0.717) is 57.5 Å². The minimum absolute atomic E-state index is 0. The quantitative estimate of drug-likeness (QED) is 0.0327. The van der Waals surface area contributed by atoms with Crippen LogP contribution < -0.4 is 30.5 Å². The molecule has 0 spiro atoms. The minimum atomic E-state index is -4.46. The molecule has 0 amide bonds. The van der Waals surface area contributed by atoms with Crippen LogP contribution in [0.15, 0.2) is 233 Å². The van der Waals surface area contributed by atoms with E-state index in [0.717, 1.165) is 33.8 Å². The van der Waals surface area contributed by atoms with Gasteiger partial charge in [0.1, 0.15) is 27.4 Å². The van der Waals surface area contributed by atoms with Crippen LogP contribution in [0.5, 0.6) is 0 Å². The van der Waals surface area contributed by atoms with Gasteiger partial charge in [-0.3, -0.25) is 19.1 Å². The molecule has 0 saturated heterocycles. The Hall–Kier alpha value is -4.87. The van der Waals surface area contributed by atoms with Crippen molar-refractivity contribution in [3.63, 3.8) is 0 Å². The third kappa shape index (κ3) is 25.3. The van der Waals surface area contributed by atoms with E-state index in [4.69, 9.17) is 27.1 Å². The SMILES string of the molecule is CC.CC.CC.I.II.I[I-]I.N#[N+]c1ccc(-c2ccccc2)nc1.Nc1c(N=Nc2ccc(-c3ccccc3)nc2)cc(S(=O)(=O)O)c2ccccc12.Nc1ccc(-c2ccccc2)nc1.Nc1ccc(S(=O)(=O)O)c2ccccc12. The van der Waals surface area contributed by atoms with Crippen molar-refractivity contribution in [2.24, 2.45) is 10.2 Å². The minimum Gasteiger partial charge on any atom is -0.398 e. The van der Waals surface area contributed by atoms with E-state index in [2.05, 4.69) is 105 Å².